The van der Waals surface area contributed by atoms with Gasteiger partial charge in [0, 0.05) is 41.9 Å². The number of hydrogen-bond donors (Lipinski definition) is 3. The molecule has 0 fully saturated rings. The number of hydrogen-bond acceptors (Lipinski definition) is 6. The van der Waals surface area contributed by atoms with Gasteiger partial charge in [0.1, 0.15) is 11.4 Å². The van der Waals surface area contributed by atoms with E-state index in [0.717, 1.165) is 26.9 Å². The summed E-state index contributed by atoms with van der Waals surface area (Å²) in [6.45, 7) is 1.71. The van der Waals surface area contributed by atoms with Crippen molar-refractivity contribution in [2.24, 2.45) is 5.73 Å². The number of nitrogens with zero attached hydrogens (tertiary/aromatic N) is 2. The molecule has 4 N–H and O–H groups in total. The van der Waals surface area contributed by atoms with E-state index in [4.69, 9.17) is 10.5 Å². The van der Waals surface area contributed by atoms with E-state index in [9.17, 15) is 19.2 Å². The summed E-state index contributed by atoms with van der Waals surface area (Å²) in [5.41, 5.74) is 10.3. The lowest BCUT2D eigenvalue weighted by Gasteiger charge is -2.25. The smallest absolute Gasteiger partial charge is 0.356 e. The fraction of sp³-hybridized carbons (Fsp3) is 0.219. The van der Waals surface area contributed by atoms with E-state index in [1.165, 1.54) is 6.08 Å². The monoisotopic (exact) mass is 567 g/mol. The fourth-order valence-electron chi connectivity index (χ4n) is 4.43. The summed E-state index contributed by atoms with van der Waals surface area (Å²) >= 11 is 0. The van der Waals surface area contributed by atoms with E-state index in [0.29, 0.717) is 18.5 Å². The predicted molar refractivity (Wildman–Crippen MR) is 158 cm³/mol. The molecule has 0 atom stereocenters. The number of primary amides is 1. The average Bonchev–Trinajstić information content (AvgIpc) is 3.49. The van der Waals surface area contributed by atoms with Crippen LogP contribution in [0.1, 0.15) is 48.7 Å². The second-order valence-electron chi connectivity index (χ2n) is 9.52. The van der Waals surface area contributed by atoms with Crippen molar-refractivity contribution in [1.82, 2.24) is 20.4 Å². The number of pyridine rings is 1. The molecule has 10 nitrogen and oxygen atoms in total. The summed E-state index contributed by atoms with van der Waals surface area (Å²) in [5, 5.41) is 2.85. The van der Waals surface area contributed by atoms with Crippen LogP contribution in [0.15, 0.2) is 90.9 Å². The molecule has 3 amide bonds. The van der Waals surface area contributed by atoms with Crippen LogP contribution in [0.3, 0.4) is 0 Å². The molecular formula is C32H33N5O5. The largest absolute Gasteiger partial charge is 0.461 e. The summed E-state index contributed by atoms with van der Waals surface area (Å²) in [4.78, 5) is 58.6. The lowest BCUT2D eigenvalue weighted by Crippen LogP contribution is -2.47. The topological polar surface area (TPSA) is 147 Å². The van der Waals surface area contributed by atoms with Gasteiger partial charge in [-0.2, -0.15) is 0 Å². The van der Waals surface area contributed by atoms with Crippen molar-refractivity contribution in [3.63, 3.8) is 0 Å². The summed E-state index contributed by atoms with van der Waals surface area (Å²) in [7, 11) is 0. The number of unbranched alkanes of at least 4 members (excludes halogenated alkanes) is 1. The highest BCUT2D eigenvalue weighted by molar-refractivity contribution is 6.00. The number of nitrogens with one attached hydrogen (secondary N) is 2. The average molecular weight is 568 g/mol. The number of amides is 3. The first-order valence-electron chi connectivity index (χ1n) is 13.7. The molecule has 10 heteroatoms. The zero-order valence-corrected chi connectivity index (χ0v) is 23.3. The van der Waals surface area contributed by atoms with Crippen LogP contribution >= 0.6 is 0 Å². The Bertz CT molecular complexity index is 1590. The quantitative estimate of drug-likeness (QED) is 0.0998. The Balaban J connectivity index is 1.61. The van der Waals surface area contributed by atoms with Crippen LogP contribution < -0.4 is 11.2 Å². The molecule has 4 rings (SSSR count). The highest BCUT2D eigenvalue weighted by Crippen LogP contribution is 2.27. The third-order valence-electron chi connectivity index (χ3n) is 6.51. The molecule has 0 aliphatic heterocycles. The van der Waals surface area contributed by atoms with Crippen LogP contribution in [0.4, 0.5) is 0 Å². The Morgan fingerprint density at radius 1 is 0.976 bits per heavy atom. The number of ether oxygens (including phenoxy) is 1. The maximum atomic E-state index is 13.5. The zero-order chi connectivity index (χ0) is 29.9. The molecule has 42 heavy (non-hydrogen) atoms. The van der Waals surface area contributed by atoms with Crippen LogP contribution in [0, 0.1) is 0 Å². The normalized spacial score (nSPS) is 11.2. The molecule has 4 aromatic rings. The number of carbonyl (C=O) groups excluding carboxylic acids is 4. The van der Waals surface area contributed by atoms with Crippen molar-refractivity contribution in [2.45, 2.75) is 39.0 Å². The van der Waals surface area contributed by atoms with Crippen LogP contribution in [0.2, 0.25) is 0 Å². The number of hydrazine groups is 1. The molecule has 0 aliphatic rings. The van der Waals surface area contributed by atoms with E-state index in [2.05, 4.69) is 15.4 Å². The van der Waals surface area contributed by atoms with Gasteiger partial charge in [-0.25, -0.2) is 9.80 Å². The lowest BCUT2D eigenvalue weighted by atomic mass is 10.1. The standard InChI is InChI=1S/C32H33N5O5/c1-2-42-32(41)28(14-8-9-15-29(33)38)37(30(39)19-16-22-10-4-3-5-11-22)36-31(40)27-18-17-26(35-27)25-21-34-20-23-12-6-7-13-24(23)25/h3-7,10-14,17-18,20-21,35H,2,8-9,15-16,19H2,1H3,(H2,33,38)(H,36,40)/b28-14-. The molecule has 0 bridgehead atoms. The molecule has 0 saturated heterocycles. The maximum absolute atomic E-state index is 13.5. The number of fused-ring (bicyclic) bond motifs is 1. The molecule has 0 spiro atoms. The second kappa shape index (κ2) is 14.4. The van der Waals surface area contributed by atoms with Gasteiger partial charge in [0.05, 0.1) is 6.61 Å². The molecule has 2 aromatic heterocycles. The van der Waals surface area contributed by atoms with Gasteiger partial charge in [0.2, 0.25) is 11.8 Å². The van der Waals surface area contributed by atoms with Crippen LogP contribution in [-0.4, -0.2) is 45.3 Å². The summed E-state index contributed by atoms with van der Waals surface area (Å²) in [6.07, 6.45) is 6.08. The van der Waals surface area contributed by atoms with Crippen LogP contribution in [0.25, 0.3) is 22.0 Å². The van der Waals surface area contributed by atoms with Gasteiger partial charge in [-0.15, -0.1) is 0 Å². The highest BCUT2D eigenvalue weighted by Gasteiger charge is 2.27. The van der Waals surface area contributed by atoms with Gasteiger partial charge in [-0.1, -0.05) is 60.7 Å². The number of rotatable bonds is 12. The minimum atomic E-state index is -0.779. The number of esters is 1. The van der Waals surface area contributed by atoms with E-state index in [-0.39, 0.29) is 37.3 Å². The Hall–Kier alpha value is -5.25. The van der Waals surface area contributed by atoms with E-state index in [1.54, 1.807) is 31.5 Å². The number of carbonyl (C=O) groups is 4. The Morgan fingerprint density at radius 3 is 2.50 bits per heavy atom. The summed E-state index contributed by atoms with van der Waals surface area (Å²) in [5.74, 6) is -2.39. The van der Waals surface area contributed by atoms with Crippen molar-refractivity contribution in [3.8, 4) is 11.3 Å². The number of aryl methyl sites for hydroxylation is 1. The fourth-order valence-corrected chi connectivity index (χ4v) is 4.43. The molecule has 2 heterocycles. The van der Waals surface area contributed by atoms with Gasteiger partial charge >= 0.3 is 5.97 Å². The van der Waals surface area contributed by atoms with Crippen molar-refractivity contribution < 1.29 is 23.9 Å². The molecule has 0 aliphatic carbocycles. The van der Waals surface area contributed by atoms with Gasteiger partial charge in [0.15, 0.2) is 0 Å². The number of aromatic nitrogens is 2. The zero-order valence-electron chi connectivity index (χ0n) is 23.3. The SMILES string of the molecule is CCOC(=O)/C(=C/CCCC(N)=O)N(NC(=O)c1ccc(-c2cncc3ccccc23)[nH]1)C(=O)CCc1ccccc1. The third kappa shape index (κ3) is 7.69. The third-order valence-corrected chi connectivity index (χ3v) is 6.51. The highest BCUT2D eigenvalue weighted by atomic mass is 16.5. The number of allylic oxidation sites excluding steroid dienone is 1. The van der Waals surface area contributed by atoms with E-state index in [1.807, 2.05) is 54.6 Å². The van der Waals surface area contributed by atoms with Crippen molar-refractivity contribution >= 4 is 34.5 Å². The molecule has 0 saturated carbocycles. The number of H-pyrrole nitrogens is 1. The molecule has 216 valence electrons. The first kappa shape index (κ1) is 29.7. The number of nitrogens with two attached hydrogens (primary N) is 1. The van der Waals surface area contributed by atoms with Crippen molar-refractivity contribution in [1.29, 1.82) is 0 Å². The molecular weight excluding hydrogens is 534 g/mol. The number of aromatic amines is 1. The first-order valence-corrected chi connectivity index (χ1v) is 13.7. The second-order valence-corrected chi connectivity index (χ2v) is 9.52. The van der Waals surface area contributed by atoms with Gasteiger partial charge in [-0.05, 0) is 49.3 Å². The molecule has 0 radical (unpaired) electrons. The number of benzene rings is 2. The van der Waals surface area contributed by atoms with Crippen molar-refractivity contribution in [2.75, 3.05) is 6.61 Å². The predicted octanol–water partition coefficient (Wildman–Crippen LogP) is 4.44. The molecule has 2 aromatic carbocycles. The Morgan fingerprint density at radius 2 is 1.74 bits per heavy atom. The maximum Gasteiger partial charge on any atom is 0.356 e. The van der Waals surface area contributed by atoms with Crippen molar-refractivity contribution in [3.05, 3.63) is 102 Å². The van der Waals surface area contributed by atoms with Gasteiger partial charge < -0.3 is 15.5 Å². The van der Waals surface area contributed by atoms with Crippen LogP contribution in [-0.2, 0) is 25.5 Å². The van der Waals surface area contributed by atoms with Crippen LogP contribution in [0.5, 0.6) is 0 Å². The summed E-state index contributed by atoms with van der Waals surface area (Å²) in [6, 6.07) is 20.5. The Kier molecular flexibility index (Phi) is 10.2. The van der Waals surface area contributed by atoms with E-state index >= 15 is 0 Å². The summed E-state index contributed by atoms with van der Waals surface area (Å²) < 4.78 is 5.21. The minimum absolute atomic E-state index is 0.0139. The minimum Gasteiger partial charge on any atom is -0.461 e. The van der Waals surface area contributed by atoms with Gasteiger partial charge in [0.25, 0.3) is 5.91 Å². The Labute approximate surface area is 243 Å². The van der Waals surface area contributed by atoms with Gasteiger partial charge in [-0.3, -0.25) is 24.8 Å². The molecule has 0 unspecified atom stereocenters. The van der Waals surface area contributed by atoms with E-state index < -0.39 is 23.7 Å². The first-order chi connectivity index (χ1) is 20.4. The lowest BCUT2D eigenvalue weighted by molar-refractivity contribution is -0.145.